The summed E-state index contributed by atoms with van der Waals surface area (Å²) >= 11 is 0. The Balaban J connectivity index is 0.000000103. The van der Waals surface area contributed by atoms with Crippen LogP contribution < -0.4 is 22.1 Å². The third-order valence-corrected chi connectivity index (χ3v) is 41.3. The maximum absolute atomic E-state index is 13.1. The number of fused-ring (bicyclic) bond motifs is 6. The van der Waals surface area contributed by atoms with Gasteiger partial charge in [0, 0.05) is 145 Å². The number of carbonyl (C=O) groups excluding carboxylic acids is 8. The number of carboxylic acids is 1. The molecule has 13 heterocycles. The first kappa shape index (κ1) is 101. The molecule has 6 spiro atoms. The van der Waals surface area contributed by atoms with Gasteiger partial charge in [-0.15, -0.1) is 10.2 Å². The van der Waals surface area contributed by atoms with Gasteiger partial charge < -0.3 is 61.0 Å². The summed E-state index contributed by atoms with van der Waals surface area (Å²) in [6, 6.07) is 38.0. The van der Waals surface area contributed by atoms with Gasteiger partial charge in [-0.1, -0.05) is 133 Å². The van der Waals surface area contributed by atoms with Crippen LogP contribution in [0.4, 0.5) is 0 Å². The molecule has 6 saturated carbocycles. The van der Waals surface area contributed by atoms with Crippen LogP contribution in [0.25, 0.3) is 11.5 Å². The van der Waals surface area contributed by atoms with Gasteiger partial charge in [-0.2, -0.15) is 0 Å². The number of aliphatic carboxylic acids is 1. The van der Waals surface area contributed by atoms with Crippen molar-refractivity contribution in [1.82, 2.24) is 50.2 Å². The third-order valence-electron chi connectivity index (χ3n) is 41.3. The molecule has 0 unspecified atom stereocenters. The summed E-state index contributed by atoms with van der Waals surface area (Å²) in [6.07, 6.45) is 15.0. The number of aromatic nitrogens is 2. The number of nitrogens with two attached hydrogens (primary N) is 2. The Bertz CT molecular complexity index is 6720. The lowest BCUT2D eigenvalue weighted by molar-refractivity contribution is -0.145. The van der Waals surface area contributed by atoms with Crippen molar-refractivity contribution in [3.05, 3.63) is 243 Å². The number of aryl methyl sites for hydroxylation is 12. The number of hydrogen-bond acceptors (Lipinski definition) is 14. The van der Waals surface area contributed by atoms with Gasteiger partial charge in [0.15, 0.2) is 0 Å². The quantitative estimate of drug-likeness (QED) is 0.0990. The van der Waals surface area contributed by atoms with Crippen LogP contribution in [0, 0.1) is 172 Å². The molecule has 8 amide bonds. The summed E-state index contributed by atoms with van der Waals surface area (Å²) in [5, 5.41) is 24.7. The molecule has 18 aliphatic rings. The summed E-state index contributed by atoms with van der Waals surface area (Å²) in [5.74, 6) is 6.32. The molecule has 0 bridgehead atoms. The predicted octanol–water partition coefficient (Wildman–Crippen LogP) is 17.4. The van der Waals surface area contributed by atoms with Gasteiger partial charge >= 0.3 is 5.97 Å². The minimum atomic E-state index is -0.745. The molecular weight excluding hydrogens is 1820 g/mol. The number of rotatable bonds is 7. The lowest BCUT2D eigenvalue weighted by atomic mass is 9.73. The predicted molar refractivity (Wildman–Crippen MR) is 563 cm³/mol. The van der Waals surface area contributed by atoms with E-state index in [4.69, 9.17) is 15.9 Å². The number of benzene rings is 7. The molecule has 6 saturated heterocycles. The summed E-state index contributed by atoms with van der Waals surface area (Å²) in [7, 11) is 0. The molecule has 12 fully saturated rings. The van der Waals surface area contributed by atoms with Gasteiger partial charge in [-0.25, -0.2) is 0 Å². The van der Waals surface area contributed by atoms with E-state index in [-0.39, 0.29) is 104 Å². The number of nitrogens with zero attached hydrogens (tertiary/aromatic N) is 8. The SMILES string of the molecule is CC(=O)NC[C@@H]1[C@@H](C)C[C@@]23c4cc(C)c(C)cc4CCN2C(=O)C[C@@H]13.CC(=O)N[C@@H]1[C@@H](C)C[C@@]23c4cc(C)c(C)cc4CCN2C(=O)C[C@@H]13.Cc1cc2c(cc1C)[C@@]13C[C@H](C)[C@@H](C(=O)O)[C@@H]1CC(=O)N3CC2.Cc1cc2c(cc1C)[C@@]13C[C@H](C)[C@@H](CN)[C@@H]1CC(=O)N3CC2.Cc1cc2c(cc1C)[C@@]13C[C@H](C)[C@@H](N)[C@@H]1CC(=O)N3CC2.Cc1cc2c(cc1C)[C@@]13C[C@H](C)[C@@H](c4nnc(-c5ccccc5)o4)[C@@H]1CC(=O)N3CC2. The zero-order valence-electron chi connectivity index (χ0n) is 89.9. The zero-order valence-corrected chi connectivity index (χ0v) is 89.9. The van der Waals surface area contributed by atoms with Gasteiger partial charge in [0.25, 0.3) is 0 Å². The zero-order chi connectivity index (χ0) is 104. The highest BCUT2D eigenvalue weighted by molar-refractivity contribution is 5.88. The Hall–Kier alpha value is -11.2. The average Bonchev–Trinajstić information content (AvgIpc) is 1.57. The molecule has 23 nitrogen and oxygen atoms in total. The first-order valence-corrected chi connectivity index (χ1v) is 55.0. The Morgan fingerprint density at radius 3 is 1.05 bits per heavy atom. The number of carboxylic acid groups (broad SMARTS) is 1. The Morgan fingerprint density at radius 1 is 0.370 bits per heavy atom. The molecule has 24 atom stereocenters. The Morgan fingerprint density at radius 2 is 0.671 bits per heavy atom. The molecule has 1 aromatic heterocycles. The molecule has 146 heavy (non-hydrogen) atoms. The molecule has 772 valence electrons. The molecule has 0 radical (unpaired) electrons. The van der Waals surface area contributed by atoms with Crippen molar-refractivity contribution in [1.29, 1.82) is 0 Å². The largest absolute Gasteiger partial charge is 0.481 e. The van der Waals surface area contributed by atoms with Crippen LogP contribution in [-0.4, -0.2) is 162 Å². The molecule has 8 aromatic rings. The average molecular weight is 1980 g/mol. The van der Waals surface area contributed by atoms with E-state index in [2.05, 4.69) is 236 Å². The van der Waals surface area contributed by atoms with Gasteiger partial charge in [0.2, 0.25) is 59.0 Å². The topological polar surface area (TPSA) is 308 Å². The summed E-state index contributed by atoms with van der Waals surface area (Å²) in [4.78, 5) is 124. The van der Waals surface area contributed by atoms with Crippen LogP contribution in [0.1, 0.15) is 278 Å². The fraction of sp³-hybridized carbons (Fsp3) is 0.569. The summed E-state index contributed by atoms with van der Waals surface area (Å²) in [6.45, 7) is 48.8. The van der Waals surface area contributed by atoms with E-state index in [0.29, 0.717) is 140 Å². The lowest BCUT2D eigenvalue weighted by Gasteiger charge is -2.45. The molecule has 23 heteroatoms. The van der Waals surface area contributed by atoms with Crippen molar-refractivity contribution in [3.8, 4) is 11.5 Å². The third kappa shape index (κ3) is 15.3. The molecule has 26 rings (SSSR count). The monoisotopic (exact) mass is 1980 g/mol. The number of carbonyl (C=O) groups is 9. The van der Waals surface area contributed by atoms with E-state index in [1.54, 1.807) is 13.8 Å². The van der Waals surface area contributed by atoms with E-state index in [1.807, 2.05) is 42.2 Å². The second-order valence-corrected chi connectivity index (χ2v) is 48.8. The molecule has 6 aliphatic carbocycles. The van der Waals surface area contributed by atoms with E-state index < -0.39 is 11.9 Å². The minimum absolute atomic E-state index is 0.00548. The fourth-order valence-corrected chi connectivity index (χ4v) is 34.2. The second kappa shape index (κ2) is 36.9. The Kier molecular flexibility index (Phi) is 25.5. The minimum Gasteiger partial charge on any atom is -0.481 e. The molecule has 7 N–H and O–H groups in total. The first-order chi connectivity index (χ1) is 69.5. The van der Waals surface area contributed by atoms with Crippen LogP contribution in [0.5, 0.6) is 0 Å². The van der Waals surface area contributed by atoms with E-state index in [0.717, 1.165) is 122 Å². The van der Waals surface area contributed by atoms with Gasteiger partial charge in [0.1, 0.15) is 0 Å². The van der Waals surface area contributed by atoms with E-state index in [1.165, 1.54) is 134 Å². The van der Waals surface area contributed by atoms with Crippen molar-refractivity contribution in [2.24, 2.45) is 100 Å². The van der Waals surface area contributed by atoms with Crippen molar-refractivity contribution in [2.45, 2.75) is 305 Å². The van der Waals surface area contributed by atoms with Crippen LogP contribution in [0.2, 0.25) is 0 Å². The second-order valence-electron chi connectivity index (χ2n) is 48.8. The van der Waals surface area contributed by atoms with Crippen LogP contribution in [0.15, 0.2) is 108 Å². The standard InChI is InChI=1S/C26H27N3O2.C21H28N2O2.C20H26N2O2.C19H26N2O.C19H23NO3.C18H24N2O/c1-15-11-19-9-10-29-22(30)13-21-23(17(3)14-26(21,29)20(19)12-16(15)2)25-28-27-24(31-25)18-7-5-4-6-8-18;1-12-7-16-5-6-23-20(25)9-19-17(11-22-15(4)24)14(3)10-21(19,23)18(16)8-13(12)2;1-11-7-15-5-6-22-18(24)9-17-19(21-14(4)23)13(3)10-20(17,22)16(15)8-12(11)2;1-11-6-14-4-5-21-18(22)8-17-15(10-20)13(3)9-19(17,21)16(14)7-12(11)2;1-10-6-13-4-5-20-16(21)8-15-17(18(22)23)12(3)9-19(15,20)14(13)7-11(10)2;1-10-6-13-4-5-20-16(21)8-15-17(19)12(3)9-18(15,20)14(13)7-11(10)2/h4-8,11-12,17,21,23H,9-10,13-14H2,1-3H3;7-8,14,17,19H,5-6,9-11H2,1-4H3,(H,22,24);7-8,13,17,19H,5-6,9-10H2,1-4H3,(H,21,23);6-7,13,15,17H,4-5,8-10,20H2,1-3H3;6-7,12,15,17H,4-5,8-9H2,1-3H3,(H,22,23);6-7,12,15,17H,4-5,8-9,19H2,1-3H3/t17-,21-,23+,26-;14-,17+,19-,21-;13-,17-,19+,20-;13-,15+,17-,19-;12-,15-,17+,19-;12-,15-,17+,18-/m000000/s1. The number of nitrogens with one attached hydrogen (secondary N) is 2. The van der Waals surface area contributed by atoms with E-state index >= 15 is 0 Å². The molecule has 12 aliphatic heterocycles. The normalized spacial score (nSPS) is 33.8. The van der Waals surface area contributed by atoms with Crippen molar-refractivity contribution >= 4 is 53.2 Å². The number of amides is 8. The summed E-state index contributed by atoms with van der Waals surface area (Å²) < 4.78 is 6.22. The Labute approximate surface area is 862 Å². The first-order valence-electron chi connectivity index (χ1n) is 55.0. The van der Waals surface area contributed by atoms with Crippen LogP contribution in [0.3, 0.4) is 0 Å². The van der Waals surface area contributed by atoms with Crippen molar-refractivity contribution in [3.63, 3.8) is 0 Å². The van der Waals surface area contributed by atoms with E-state index in [9.17, 15) is 48.3 Å². The lowest BCUT2D eigenvalue weighted by Crippen LogP contribution is -2.50. The maximum Gasteiger partial charge on any atom is 0.307 e. The highest BCUT2D eigenvalue weighted by Crippen LogP contribution is 2.68. The number of hydrogen-bond donors (Lipinski definition) is 5. The highest BCUT2D eigenvalue weighted by Gasteiger charge is 2.71. The van der Waals surface area contributed by atoms with Gasteiger partial charge in [0.05, 0.1) is 39.2 Å². The van der Waals surface area contributed by atoms with Gasteiger partial charge in [-0.05, 0) is 372 Å². The van der Waals surface area contributed by atoms with Crippen molar-refractivity contribution < 1.29 is 52.7 Å². The molecular formula is C123H154N12O11. The fourth-order valence-electron chi connectivity index (χ4n) is 34.2. The smallest absolute Gasteiger partial charge is 0.307 e. The summed E-state index contributed by atoms with van der Waals surface area (Å²) in [5.41, 5.74) is 44.7. The maximum atomic E-state index is 13.1. The highest BCUT2D eigenvalue weighted by atomic mass is 16.4. The van der Waals surface area contributed by atoms with Crippen molar-refractivity contribution in [2.75, 3.05) is 52.4 Å². The van der Waals surface area contributed by atoms with Crippen LogP contribution >= 0.6 is 0 Å². The van der Waals surface area contributed by atoms with Crippen LogP contribution in [-0.2, 0) is 115 Å². The van der Waals surface area contributed by atoms with Gasteiger partial charge in [-0.3, -0.25) is 43.2 Å². The molecule has 7 aromatic carbocycles.